The van der Waals surface area contributed by atoms with E-state index in [-0.39, 0.29) is 42.2 Å². The number of nitrogens with one attached hydrogen (secondary N) is 3. The largest absolute Gasteiger partial charge is 0.478 e. The second-order valence-corrected chi connectivity index (χ2v) is 16.5. The molecule has 4 saturated heterocycles. The van der Waals surface area contributed by atoms with Gasteiger partial charge in [-0.25, -0.2) is 9.97 Å². The quantitative estimate of drug-likeness (QED) is 0.174. The van der Waals surface area contributed by atoms with Gasteiger partial charge in [0.05, 0.1) is 60.5 Å². The topological polar surface area (TPSA) is 194 Å². The summed E-state index contributed by atoms with van der Waals surface area (Å²) in [6.07, 6.45) is 6.16. The van der Waals surface area contributed by atoms with E-state index in [0.717, 1.165) is 54.8 Å². The summed E-state index contributed by atoms with van der Waals surface area (Å²) < 4.78 is 14.8. The van der Waals surface area contributed by atoms with Crippen LogP contribution in [0, 0.1) is 5.92 Å². The Morgan fingerprint density at radius 3 is 2.53 bits per heavy atom. The fraction of sp³-hybridized carbons (Fsp3) is 0.463. The van der Waals surface area contributed by atoms with Crippen LogP contribution in [0.25, 0.3) is 21.9 Å². The predicted molar refractivity (Wildman–Crippen MR) is 225 cm³/mol. The highest BCUT2D eigenvalue weighted by molar-refractivity contribution is 6.33. The van der Waals surface area contributed by atoms with Gasteiger partial charge in [0.1, 0.15) is 10.7 Å². The van der Waals surface area contributed by atoms with Crippen LogP contribution in [0.3, 0.4) is 0 Å². The molecule has 3 N–H and O–H groups in total. The van der Waals surface area contributed by atoms with Gasteiger partial charge in [0.2, 0.25) is 17.8 Å². The predicted octanol–water partition coefficient (Wildman–Crippen LogP) is 2.46. The summed E-state index contributed by atoms with van der Waals surface area (Å²) in [7, 11) is 5.01. The number of aryl methyl sites for hydroxylation is 2. The number of hydrogen-bond donors (Lipinski definition) is 3. The first-order valence-electron chi connectivity index (χ1n) is 20.3. The van der Waals surface area contributed by atoms with Crippen molar-refractivity contribution in [3.63, 3.8) is 0 Å². The lowest BCUT2D eigenvalue weighted by atomic mass is 9.92. The molecule has 9 rings (SSSR count). The third-order valence-corrected chi connectivity index (χ3v) is 12.5. The van der Waals surface area contributed by atoms with E-state index in [1.807, 2.05) is 17.8 Å². The number of fused-ring (bicyclic) bond motifs is 4. The number of carbonyl (C=O) groups is 3. The lowest BCUT2D eigenvalue weighted by molar-refractivity contribution is -0.134. The molecule has 2 bridgehead atoms. The Bertz CT molecular complexity index is 2540. The number of morpholine rings is 1. The Labute approximate surface area is 350 Å². The average molecular weight is 839 g/mol. The molecule has 5 aromatic rings. The number of ether oxygens (including phenoxy) is 2. The van der Waals surface area contributed by atoms with Crippen molar-refractivity contribution in [1.82, 2.24) is 44.8 Å². The normalized spacial score (nSPS) is 21.4. The fourth-order valence-corrected chi connectivity index (χ4v) is 9.13. The van der Waals surface area contributed by atoms with Crippen LogP contribution in [-0.2, 0) is 33.2 Å². The van der Waals surface area contributed by atoms with Crippen molar-refractivity contribution in [1.29, 1.82) is 0 Å². The minimum atomic E-state index is -0.423. The molecular weight excluding hydrogens is 792 g/mol. The van der Waals surface area contributed by atoms with E-state index in [0.29, 0.717) is 78.6 Å². The summed E-state index contributed by atoms with van der Waals surface area (Å²) in [6, 6.07) is 10.1. The van der Waals surface area contributed by atoms with Gasteiger partial charge in [-0.2, -0.15) is 10.1 Å². The van der Waals surface area contributed by atoms with E-state index in [4.69, 9.17) is 31.2 Å². The number of nitrogens with zero attached hydrogens (tertiary/aromatic N) is 9. The number of pyridine rings is 2. The van der Waals surface area contributed by atoms with Crippen molar-refractivity contribution in [3.8, 4) is 5.75 Å². The van der Waals surface area contributed by atoms with E-state index < -0.39 is 11.5 Å². The van der Waals surface area contributed by atoms with Crippen LogP contribution in [0.5, 0.6) is 5.75 Å². The molecule has 3 atom stereocenters. The van der Waals surface area contributed by atoms with Crippen LogP contribution >= 0.6 is 11.6 Å². The number of hydrogen-bond acceptors (Lipinski definition) is 14. The van der Waals surface area contributed by atoms with Crippen molar-refractivity contribution in [2.24, 2.45) is 20.0 Å². The maximum atomic E-state index is 12.8. The van der Waals surface area contributed by atoms with E-state index in [1.165, 1.54) is 11.6 Å². The molecule has 314 valence electrons. The second-order valence-electron chi connectivity index (χ2n) is 16.1. The molecule has 4 fully saturated rings. The Balaban J connectivity index is 0.835. The van der Waals surface area contributed by atoms with Gasteiger partial charge >= 0.3 is 0 Å². The first kappa shape index (κ1) is 39.6. The molecule has 4 aliphatic heterocycles. The highest BCUT2D eigenvalue weighted by Gasteiger charge is 2.40. The van der Waals surface area contributed by atoms with Crippen LogP contribution in [0.15, 0.2) is 47.5 Å². The summed E-state index contributed by atoms with van der Waals surface area (Å²) in [5.74, 6) is 0.319. The molecule has 1 aromatic carbocycles. The number of piperidine rings is 2. The van der Waals surface area contributed by atoms with Gasteiger partial charge in [0.15, 0.2) is 18.2 Å². The number of anilines is 4. The molecule has 19 heteroatoms. The molecule has 60 heavy (non-hydrogen) atoms. The summed E-state index contributed by atoms with van der Waals surface area (Å²) in [5, 5.41) is 14.9. The summed E-state index contributed by atoms with van der Waals surface area (Å²) >= 11 is 6.62. The molecule has 0 aliphatic carbocycles. The maximum Gasteiger partial charge on any atom is 0.294 e. The molecular formula is C41H47ClN12O6. The number of benzene rings is 1. The molecule has 4 aromatic heterocycles. The highest BCUT2D eigenvalue weighted by atomic mass is 35.5. The number of imide groups is 1. The monoisotopic (exact) mass is 838 g/mol. The number of rotatable bonds is 10. The first-order valence-corrected chi connectivity index (χ1v) is 20.7. The lowest BCUT2D eigenvalue weighted by Crippen LogP contribution is -2.65. The second kappa shape index (κ2) is 16.3. The van der Waals surface area contributed by atoms with Crippen molar-refractivity contribution in [3.05, 3.63) is 63.8 Å². The lowest BCUT2D eigenvalue weighted by Gasteiger charge is -2.51. The molecule has 18 nitrogen and oxygen atoms in total. The molecule has 0 spiro atoms. The van der Waals surface area contributed by atoms with Crippen LogP contribution in [0.2, 0.25) is 5.02 Å². The molecule has 4 aliphatic rings. The number of likely N-dealkylation sites (N-methyl/N-ethyl adjacent to an activating group) is 1. The Morgan fingerprint density at radius 1 is 1.00 bits per heavy atom. The number of piperazine rings is 1. The van der Waals surface area contributed by atoms with E-state index in [9.17, 15) is 19.2 Å². The minimum Gasteiger partial charge on any atom is -0.478 e. The van der Waals surface area contributed by atoms with E-state index in [2.05, 4.69) is 58.8 Å². The van der Waals surface area contributed by atoms with Gasteiger partial charge in [-0.05, 0) is 55.5 Å². The zero-order chi connectivity index (χ0) is 41.7. The van der Waals surface area contributed by atoms with Gasteiger partial charge in [-0.15, -0.1) is 0 Å². The minimum absolute atomic E-state index is 0.0395. The third-order valence-electron chi connectivity index (χ3n) is 12.2. The van der Waals surface area contributed by atoms with Gasteiger partial charge in [-0.3, -0.25) is 38.6 Å². The smallest absolute Gasteiger partial charge is 0.294 e. The summed E-state index contributed by atoms with van der Waals surface area (Å²) in [5.41, 5.74) is 3.52. The van der Waals surface area contributed by atoms with Crippen LogP contribution < -0.4 is 36.0 Å². The van der Waals surface area contributed by atoms with Gasteiger partial charge in [0, 0.05) is 76.7 Å². The molecule has 0 radical (unpaired) electrons. The molecule has 0 saturated carbocycles. The van der Waals surface area contributed by atoms with Crippen LogP contribution in [-0.4, -0.2) is 124 Å². The maximum absolute atomic E-state index is 12.8. The van der Waals surface area contributed by atoms with Crippen LogP contribution in [0.1, 0.15) is 37.3 Å². The zero-order valence-electron chi connectivity index (χ0n) is 33.7. The number of amides is 3. The number of carbonyl (C=O) groups excluding carboxylic acids is 3. The Hall–Kier alpha value is -5.85. The average Bonchev–Trinajstić information content (AvgIpc) is 3.57. The Morgan fingerprint density at radius 2 is 1.78 bits per heavy atom. The number of aromatic nitrogens is 6. The standard InChI is InChI=1S/C41H47ClN12O6/c1-43-35(56)22-60-33-13-24-12-25(15-44-38(24)50(2)40(33)58)46-37-31(42)16-45-41(48-37)53-18-27-20-59-21-28(19-53)54(27)17-23-8-10-52(11-9-23)26-4-5-29-32(14-26)51(3)49-36(29)30-6-7-34(55)47-39(30)57/h4-5,12-16,23,27-28,30H,6-11,17-22H2,1-3H3,(H,43,56)(H,45,46,48)(H,47,55,57). The van der Waals surface area contributed by atoms with Gasteiger partial charge in [0.25, 0.3) is 11.5 Å². The zero-order valence-corrected chi connectivity index (χ0v) is 34.4. The van der Waals surface area contributed by atoms with Crippen molar-refractivity contribution in [2.75, 3.05) is 74.7 Å². The summed E-state index contributed by atoms with van der Waals surface area (Å²) in [4.78, 5) is 70.2. The van der Waals surface area contributed by atoms with Gasteiger partial charge in [-0.1, -0.05) is 11.6 Å². The van der Waals surface area contributed by atoms with Crippen LogP contribution in [0.4, 0.5) is 23.1 Å². The van der Waals surface area contributed by atoms with E-state index in [1.54, 1.807) is 25.5 Å². The fourth-order valence-electron chi connectivity index (χ4n) is 8.99. The van der Waals surface area contributed by atoms with Crippen molar-refractivity contribution >= 4 is 74.4 Å². The number of halogens is 1. The van der Waals surface area contributed by atoms with Gasteiger partial charge < -0.3 is 29.9 Å². The highest BCUT2D eigenvalue weighted by Crippen LogP contribution is 2.35. The Kier molecular flexibility index (Phi) is 10.8. The first-order chi connectivity index (χ1) is 29.0. The van der Waals surface area contributed by atoms with Crippen molar-refractivity contribution in [2.45, 2.75) is 43.7 Å². The third kappa shape index (κ3) is 7.70. The SMILES string of the molecule is CNC(=O)COc1cc2cc(Nc3nc(N4CC5COCC(C4)N5CC4CCN(c5ccc6c(C7CCC(=O)NC7=O)nn(C)c6c5)CC4)ncc3Cl)cnc2n(C)c1=O. The molecule has 8 heterocycles. The van der Waals surface area contributed by atoms with E-state index >= 15 is 0 Å². The summed E-state index contributed by atoms with van der Waals surface area (Å²) in [6.45, 7) is 5.32. The molecule has 3 amide bonds. The van der Waals surface area contributed by atoms with Crippen molar-refractivity contribution < 1.29 is 23.9 Å². The molecule has 3 unspecified atom stereocenters.